The third-order valence-electron chi connectivity index (χ3n) is 4.50. The van der Waals surface area contributed by atoms with Crippen LogP contribution >= 0.6 is 31.9 Å². The van der Waals surface area contributed by atoms with Crippen LogP contribution in [-0.4, -0.2) is 11.6 Å². The first-order chi connectivity index (χ1) is 12.9. The van der Waals surface area contributed by atoms with Crippen molar-refractivity contribution in [1.82, 2.24) is 5.43 Å². The number of amides is 1. The third-order valence-corrected chi connectivity index (χ3v) is 6.15. The molecule has 0 spiro atoms. The van der Waals surface area contributed by atoms with E-state index in [1.807, 2.05) is 38.1 Å². The number of rotatable bonds is 5. The smallest absolute Gasteiger partial charge is 0.240 e. The number of nitrogens with zero attached hydrogens (tertiary/aromatic N) is 1. The molecular formula is C22H20Br2N2O. The Balaban J connectivity index is 1.60. The summed E-state index contributed by atoms with van der Waals surface area (Å²) < 4.78 is 2.01. The first-order valence-electron chi connectivity index (χ1n) is 8.71. The molecule has 27 heavy (non-hydrogen) atoms. The number of hydrogen-bond acceptors (Lipinski definition) is 2. The second kappa shape index (κ2) is 8.81. The van der Waals surface area contributed by atoms with Crippen LogP contribution in [0.5, 0.6) is 0 Å². The summed E-state index contributed by atoms with van der Waals surface area (Å²) in [6.07, 6.45) is 1.09. The number of benzene rings is 3. The molecule has 0 bridgehead atoms. The van der Waals surface area contributed by atoms with Crippen LogP contribution in [-0.2, 0) is 11.2 Å². The Morgan fingerprint density at radius 1 is 1.00 bits per heavy atom. The van der Waals surface area contributed by atoms with Crippen LogP contribution in [0.15, 0.2) is 68.6 Å². The van der Waals surface area contributed by atoms with Gasteiger partial charge in [0.25, 0.3) is 0 Å². The van der Waals surface area contributed by atoms with Gasteiger partial charge in [-0.1, -0.05) is 74.3 Å². The van der Waals surface area contributed by atoms with E-state index in [9.17, 15) is 4.79 Å². The zero-order chi connectivity index (χ0) is 19.4. The maximum absolute atomic E-state index is 12.2. The van der Waals surface area contributed by atoms with Gasteiger partial charge in [0.1, 0.15) is 0 Å². The van der Waals surface area contributed by atoms with Gasteiger partial charge in [0.15, 0.2) is 0 Å². The summed E-state index contributed by atoms with van der Waals surface area (Å²) in [7, 11) is 0. The predicted molar refractivity (Wildman–Crippen MR) is 119 cm³/mol. The highest BCUT2D eigenvalue weighted by molar-refractivity contribution is 9.11. The molecule has 0 saturated heterocycles. The molecule has 0 unspecified atom stereocenters. The molecule has 0 aliphatic rings. The van der Waals surface area contributed by atoms with E-state index >= 15 is 0 Å². The fourth-order valence-corrected chi connectivity index (χ4v) is 3.96. The Kier molecular flexibility index (Phi) is 6.45. The summed E-state index contributed by atoms with van der Waals surface area (Å²) in [6.45, 7) is 3.91. The number of halogens is 2. The molecule has 0 fully saturated rings. The molecule has 0 heterocycles. The van der Waals surface area contributed by atoms with Crippen molar-refractivity contribution in [2.24, 2.45) is 5.10 Å². The zero-order valence-electron chi connectivity index (χ0n) is 15.2. The lowest BCUT2D eigenvalue weighted by Gasteiger charge is -2.07. The van der Waals surface area contributed by atoms with E-state index in [1.54, 1.807) is 0 Å². The predicted octanol–water partition coefficient (Wildman–Crippen LogP) is 6.15. The molecule has 3 aromatic rings. The number of nitrogens with one attached hydrogen (secondary N) is 1. The van der Waals surface area contributed by atoms with E-state index in [0.717, 1.165) is 31.3 Å². The van der Waals surface area contributed by atoms with E-state index in [2.05, 4.69) is 72.7 Å². The number of hydrogen-bond donors (Lipinski definition) is 1. The summed E-state index contributed by atoms with van der Waals surface area (Å²) in [5.74, 6) is -0.0900. The van der Waals surface area contributed by atoms with Crippen molar-refractivity contribution in [3.05, 3.63) is 80.2 Å². The second-order valence-electron chi connectivity index (χ2n) is 6.48. The van der Waals surface area contributed by atoms with Crippen LogP contribution in [0, 0.1) is 6.92 Å². The molecule has 0 saturated carbocycles. The van der Waals surface area contributed by atoms with Gasteiger partial charge >= 0.3 is 0 Å². The zero-order valence-corrected chi connectivity index (χ0v) is 18.4. The van der Waals surface area contributed by atoms with Gasteiger partial charge in [-0.3, -0.25) is 4.79 Å². The quantitative estimate of drug-likeness (QED) is 0.340. The van der Waals surface area contributed by atoms with Crippen molar-refractivity contribution in [1.29, 1.82) is 0 Å². The van der Waals surface area contributed by atoms with E-state index in [1.165, 1.54) is 10.8 Å². The van der Waals surface area contributed by atoms with Gasteiger partial charge in [0, 0.05) is 15.4 Å². The molecule has 1 amide bonds. The number of carbonyl (C=O) groups is 1. The van der Waals surface area contributed by atoms with Gasteiger partial charge < -0.3 is 0 Å². The van der Waals surface area contributed by atoms with Crippen molar-refractivity contribution >= 4 is 54.3 Å². The maximum atomic E-state index is 12.2. The normalized spacial score (nSPS) is 11.6. The summed E-state index contributed by atoms with van der Waals surface area (Å²) in [6, 6.07) is 18.5. The molecule has 0 aromatic heterocycles. The monoisotopic (exact) mass is 486 g/mol. The van der Waals surface area contributed by atoms with Gasteiger partial charge in [0.05, 0.1) is 5.71 Å². The molecule has 3 rings (SSSR count). The Morgan fingerprint density at radius 2 is 1.67 bits per heavy atom. The maximum Gasteiger partial charge on any atom is 0.240 e. The topological polar surface area (TPSA) is 41.5 Å². The average Bonchev–Trinajstić information content (AvgIpc) is 2.68. The highest BCUT2D eigenvalue weighted by Crippen LogP contribution is 2.26. The highest BCUT2D eigenvalue weighted by Gasteiger charge is 2.07. The number of carbonyl (C=O) groups excluding carboxylic acids is 1. The van der Waals surface area contributed by atoms with E-state index in [0.29, 0.717) is 12.8 Å². The Hall–Kier alpha value is -1.98. The van der Waals surface area contributed by atoms with E-state index in [4.69, 9.17) is 0 Å². The summed E-state index contributed by atoms with van der Waals surface area (Å²) in [5.41, 5.74) is 6.65. The van der Waals surface area contributed by atoms with Crippen LogP contribution in [0.3, 0.4) is 0 Å². The standard InChI is InChI=1S/C22H20Br2N2O/c1-14-20(23)12-19(13-21(14)24)15(2)25-26-22(27)10-8-16-7-9-17-5-3-4-6-18(17)11-16/h3-7,9,11-13H,8,10H2,1-2H3,(H,26,27)/b25-15-. The Bertz CT molecular complexity index is 1000. The fraction of sp³-hybridized carbons (Fsp3) is 0.182. The van der Waals surface area contributed by atoms with Gasteiger partial charge in [-0.25, -0.2) is 5.43 Å². The van der Waals surface area contributed by atoms with Crippen molar-refractivity contribution in [3.8, 4) is 0 Å². The van der Waals surface area contributed by atoms with E-state index in [-0.39, 0.29) is 5.91 Å². The Morgan fingerprint density at radius 3 is 2.37 bits per heavy atom. The SMILES string of the molecule is C/C(=N/NC(=O)CCc1ccc2ccccc2c1)c1cc(Br)c(C)c(Br)c1. The second-order valence-corrected chi connectivity index (χ2v) is 8.19. The summed E-state index contributed by atoms with van der Waals surface area (Å²) in [5, 5.41) is 6.65. The van der Waals surface area contributed by atoms with Crippen LogP contribution in [0.4, 0.5) is 0 Å². The number of fused-ring (bicyclic) bond motifs is 1. The molecule has 3 aromatic carbocycles. The highest BCUT2D eigenvalue weighted by atomic mass is 79.9. The number of hydrazone groups is 1. The van der Waals surface area contributed by atoms with Gasteiger partial charge in [0.2, 0.25) is 5.91 Å². The molecule has 0 radical (unpaired) electrons. The molecule has 0 aliphatic heterocycles. The van der Waals surface area contributed by atoms with Crippen molar-refractivity contribution in [3.63, 3.8) is 0 Å². The van der Waals surface area contributed by atoms with Gasteiger partial charge in [-0.15, -0.1) is 0 Å². The minimum atomic E-state index is -0.0900. The molecule has 138 valence electrons. The molecule has 0 aliphatic carbocycles. The minimum absolute atomic E-state index is 0.0900. The van der Waals surface area contributed by atoms with Crippen LogP contribution in [0.25, 0.3) is 10.8 Å². The van der Waals surface area contributed by atoms with Crippen LogP contribution in [0.2, 0.25) is 0 Å². The average molecular weight is 488 g/mol. The number of aryl methyl sites for hydroxylation is 1. The molecular weight excluding hydrogens is 468 g/mol. The summed E-state index contributed by atoms with van der Waals surface area (Å²) >= 11 is 7.08. The van der Waals surface area contributed by atoms with Crippen molar-refractivity contribution < 1.29 is 4.79 Å². The molecule has 5 heteroatoms. The molecule has 1 N–H and O–H groups in total. The third kappa shape index (κ3) is 5.05. The van der Waals surface area contributed by atoms with Crippen molar-refractivity contribution in [2.45, 2.75) is 26.7 Å². The van der Waals surface area contributed by atoms with Crippen molar-refractivity contribution in [2.75, 3.05) is 0 Å². The largest absolute Gasteiger partial charge is 0.273 e. The Labute approximate surface area is 176 Å². The lowest BCUT2D eigenvalue weighted by molar-refractivity contribution is -0.121. The van der Waals surface area contributed by atoms with Crippen LogP contribution in [0.1, 0.15) is 30.0 Å². The molecule has 0 atom stereocenters. The van der Waals surface area contributed by atoms with E-state index < -0.39 is 0 Å². The van der Waals surface area contributed by atoms with Crippen LogP contribution < -0.4 is 5.43 Å². The van der Waals surface area contributed by atoms with Gasteiger partial charge in [-0.2, -0.15) is 5.10 Å². The lowest BCUT2D eigenvalue weighted by Crippen LogP contribution is -2.19. The summed E-state index contributed by atoms with van der Waals surface area (Å²) in [4.78, 5) is 12.2. The lowest BCUT2D eigenvalue weighted by atomic mass is 10.0. The van der Waals surface area contributed by atoms with Gasteiger partial charge in [-0.05, 0) is 59.9 Å². The first-order valence-corrected chi connectivity index (χ1v) is 10.3. The molecule has 3 nitrogen and oxygen atoms in total. The minimum Gasteiger partial charge on any atom is -0.273 e. The first kappa shape index (κ1) is 19.8. The fourth-order valence-electron chi connectivity index (χ4n) is 2.77.